The lowest BCUT2D eigenvalue weighted by Crippen LogP contribution is -2.58. The number of alkyl halides is 3. The average Bonchev–Trinajstić information content (AvgIpc) is 3.64. The van der Waals surface area contributed by atoms with E-state index in [0.717, 1.165) is 0 Å². The first kappa shape index (κ1) is 28.7. The third-order valence-electron chi connectivity index (χ3n) is 7.40. The van der Waals surface area contributed by atoms with Crippen LogP contribution in [0.4, 0.5) is 13.2 Å². The van der Waals surface area contributed by atoms with Crippen LogP contribution in [0.2, 0.25) is 10.0 Å². The van der Waals surface area contributed by atoms with Gasteiger partial charge in [-0.25, -0.2) is 8.42 Å². The first-order valence-corrected chi connectivity index (χ1v) is 14.4. The number of piperidine rings is 1. The summed E-state index contributed by atoms with van der Waals surface area (Å²) in [5, 5.41) is 10.4. The first-order chi connectivity index (χ1) is 17.6. The van der Waals surface area contributed by atoms with E-state index in [4.69, 9.17) is 23.2 Å². The van der Waals surface area contributed by atoms with E-state index in [-0.39, 0.29) is 6.42 Å². The molecule has 1 aliphatic carbocycles. The fraction of sp³-hybridized carbons (Fsp3) is 0.462. The maximum atomic E-state index is 14.1. The van der Waals surface area contributed by atoms with Gasteiger partial charge < -0.3 is 10.0 Å². The van der Waals surface area contributed by atoms with Crippen molar-refractivity contribution in [2.75, 3.05) is 5.75 Å². The minimum Gasteiger partial charge on any atom is -0.481 e. The van der Waals surface area contributed by atoms with E-state index in [2.05, 4.69) is 0 Å². The number of amides is 1. The molecule has 1 saturated carbocycles. The lowest BCUT2D eigenvalue weighted by molar-refractivity contribution is -0.160. The highest BCUT2D eigenvalue weighted by molar-refractivity contribution is 7.92. The molecule has 1 N–H and O–H groups in total. The molecule has 0 bridgehead atoms. The van der Waals surface area contributed by atoms with E-state index in [1.54, 1.807) is 48.5 Å². The molecule has 2 aromatic carbocycles. The Labute approximate surface area is 228 Å². The van der Waals surface area contributed by atoms with Gasteiger partial charge in [0.05, 0.1) is 23.6 Å². The fourth-order valence-electron chi connectivity index (χ4n) is 5.49. The molecule has 0 aromatic heterocycles. The summed E-state index contributed by atoms with van der Waals surface area (Å²) in [4.78, 5) is 27.2. The molecule has 1 heterocycles. The van der Waals surface area contributed by atoms with Crippen molar-refractivity contribution in [1.29, 1.82) is 0 Å². The van der Waals surface area contributed by atoms with Crippen molar-refractivity contribution in [2.24, 2.45) is 11.3 Å². The molecular formula is C26H26Cl2F3NO5S. The Hall–Kier alpha value is -2.30. The molecule has 38 heavy (non-hydrogen) atoms. The van der Waals surface area contributed by atoms with E-state index in [0.29, 0.717) is 34.0 Å². The molecule has 1 aliphatic heterocycles. The van der Waals surface area contributed by atoms with Crippen molar-refractivity contribution in [3.63, 3.8) is 0 Å². The fourth-order valence-corrected chi connectivity index (χ4v) is 6.88. The number of halogens is 5. The molecule has 1 saturated heterocycles. The minimum atomic E-state index is -5.59. The van der Waals surface area contributed by atoms with Gasteiger partial charge in [-0.05, 0) is 60.6 Å². The van der Waals surface area contributed by atoms with Crippen LogP contribution in [0.5, 0.6) is 0 Å². The predicted octanol–water partition coefficient (Wildman–Crippen LogP) is 6.24. The maximum Gasteiger partial charge on any atom is 0.497 e. The van der Waals surface area contributed by atoms with Gasteiger partial charge in [-0.1, -0.05) is 54.4 Å². The number of carbonyl (C=O) groups excluding carboxylic acids is 1. The molecule has 2 fully saturated rings. The van der Waals surface area contributed by atoms with Gasteiger partial charge in [-0.2, -0.15) is 13.2 Å². The van der Waals surface area contributed by atoms with Crippen LogP contribution in [0, 0.1) is 11.3 Å². The van der Waals surface area contributed by atoms with E-state index in [1.165, 1.54) is 11.8 Å². The van der Waals surface area contributed by atoms with Gasteiger partial charge in [0.2, 0.25) is 15.7 Å². The van der Waals surface area contributed by atoms with E-state index < -0.39 is 68.7 Å². The Morgan fingerprint density at radius 1 is 1.11 bits per heavy atom. The summed E-state index contributed by atoms with van der Waals surface area (Å²) in [7, 11) is -5.59. The summed E-state index contributed by atoms with van der Waals surface area (Å²) in [5.74, 6) is -4.30. The maximum absolute atomic E-state index is 14.1. The number of benzene rings is 2. The quantitative estimate of drug-likeness (QED) is 0.392. The van der Waals surface area contributed by atoms with Crippen LogP contribution in [0.3, 0.4) is 0 Å². The summed E-state index contributed by atoms with van der Waals surface area (Å²) in [6.45, 7) is 1.47. The monoisotopic (exact) mass is 591 g/mol. The molecule has 0 radical (unpaired) electrons. The molecule has 1 amide bonds. The number of hydrogen-bond donors (Lipinski definition) is 1. The van der Waals surface area contributed by atoms with Crippen molar-refractivity contribution >= 4 is 44.9 Å². The number of likely N-dealkylation sites (tertiary alicyclic amines) is 1. The standard InChI is InChI=1S/C26H26Cl2F3NO5S/c1-25(13-22(33)34)12-20(17-3-2-4-19(28)11-17)23(16-7-9-18(27)10-8-16)32(24(25)35)21(15-5-6-15)14-38(36,37)26(29,30)31/h2-4,7-11,15,20-21,23H,5-6,12-14H2,1H3,(H,33,34)/t20?,21?,23-,25-/m1/s1. The van der Waals surface area contributed by atoms with Crippen LogP contribution in [-0.4, -0.2) is 47.6 Å². The smallest absolute Gasteiger partial charge is 0.481 e. The van der Waals surface area contributed by atoms with Gasteiger partial charge in [-0.15, -0.1) is 0 Å². The largest absolute Gasteiger partial charge is 0.497 e. The highest BCUT2D eigenvalue weighted by Gasteiger charge is 2.57. The van der Waals surface area contributed by atoms with Crippen molar-refractivity contribution < 1.29 is 36.3 Å². The second kappa shape index (κ2) is 10.4. The third kappa shape index (κ3) is 5.82. The van der Waals surface area contributed by atoms with Gasteiger partial charge in [0.25, 0.3) is 0 Å². The number of carboxylic acids is 1. The summed E-state index contributed by atoms with van der Waals surface area (Å²) in [5.41, 5.74) is -5.80. The van der Waals surface area contributed by atoms with Crippen molar-refractivity contribution in [1.82, 2.24) is 4.90 Å². The molecule has 4 rings (SSSR count). The summed E-state index contributed by atoms with van der Waals surface area (Å²) >= 11 is 12.3. The van der Waals surface area contributed by atoms with E-state index >= 15 is 0 Å². The molecule has 2 unspecified atom stereocenters. The number of hydrogen-bond acceptors (Lipinski definition) is 4. The van der Waals surface area contributed by atoms with Gasteiger partial charge in [-0.3, -0.25) is 9.59 Å². The van der Waals surface area contributed by atoms with Gasteiger partial charge in [0, 0.05) is 22.0 Å². The molecule has 2 aliphatic rings. The number of sulfone groups is 1. The summed E-state index contributed by atoms with van der Waals surface area (Å²) in [6.07, 6.45) is 0.390. The zero-order valence-corrected chi connectivity index (χ0v) is 22.6. The first-order valence-electron chi connectivity index (χ1n) is 12.0. The van der Waals surface area contributed by atoms with Crippen LogP contribution in [0.15, 0.2) is 48.5 Å². The van der Waals surface area contributed by atoms with Crippen molar-refractivity contribution in [3.05, 3.63) is 69.7 Å². The lowest BCUT2D eigenvalue weighted by atomic mass is 9.67. The van der Waals surface area contributed by atoms with Gasteiger partial charge >= 0.3 is 11.5 Å². The third-order valence-corrected chi connectivity index (χ3v) is 9.37. The van der Waals surface area contributed by atoms with Crippen molar-refractivity contribution in [3.8, 4) is 0 Å². The summed E-state index contributed by atoms with van der Waals surface area (Å²) in [6, 6.07) is 11.0. The van der Waals surface area contributed by atoms with Crippen LogP contribution in [0.25, 0.3) is 0 Å². The van der Waals surface area contributed by atoms with Gasteiger partial charge in [0.1, 0.15) is 0 Å². The number of rotatable bonds is 8. The zero-order valence-electron chi connectivity index (χ0n) is 20.3. The lowest BCUT2D eigenvalue weighted by Gasteiger charge is -2.52. The van der Waals surface area contributed by atoms with Crippen LogP contribution >= 0.6 is 23.2 Å². The van der Waals surface area contributed by atoms with E-state index in [9.17, 15) is 36.3 Å². The molecule has 0 spiro atoms. The predicted molar refractivity (Wildman–Crippen MR) is 137 cm³/mol. The molecular weight excluding hydrogens is 566 g/mol. The van der Waals surface area contributed by atoms with Crippen LogP contribution in [0.1, 0.15) is 55.7 Å². The second-order valence-corrected chi connectivity index (χ2v) is 13.2. The number of aliphatic carboxylic acids is 1. The Kier molecular flexibility index (Phi) is 7.82. The molecule has 12 heteroatoms. The second-order valence-electron chi connectivity index (χ2n) is 10.3. The highest BCUT2D eigenvalue weighted by Crippen LogP contribution is 2.54. The average molecular weight is 592 g/mol. The molecule has 6 nitrogen and oxygen atoms in total. The molecule has 2 aromatic rings. The van der Waals surface area contributed by atoms with Crippen molar-refractivity contribution in [2.45, 2.75) is 56.1 Å². The summed E-state index contributed by atoms with van der Waals surface area (Å²) < 4.78 is 65.3. The van der Waals surface area contributed by atoms with Gasteiger partial charge in [0.15, 0.2) is 0 Å². The SMILES string of the molecule is C[C@]1(CC(=O)O)CC(c2cccc(Cl)c2)[C@@H](c2ccc(Cl)cc2)N(C(CS(=O)(=O)C(F)(F)F)C2CC2)C1=O. The Balaban J connectivity index is 1.94. The Bertz CT molecular complexity index is 1330. The van der Waals surface area contributed by atoms with E-state index in [1.807, 2.05) is 0 Å². The highest BCUT2D eigenvalue weighted by atomic mass is 35.5. The number of carboxylic acid groups (broad SMARTS) is 1. The molecule has 4 atom stereocenters. The van der Waals surface area contributed by atoms with Crippen LogP contribution < -0.4 is 0 Å². The number of carbonyl (C=O) groups is 2. The van der Waals surface area contributed by atoms with Crippen LogP contribution in [-0.2, 0) is 19.4 Å². The minimum absolute atomic E-state index is 0.0612. The topological polar surface area (TPSA) is 91.8 Å². The number of nitrogens with zero attached hydrogens (tertiary/aromatic N) is 1. The Morgan fingerprint density at radius 3 is 2.26 bits per heavy atom. The zero-order chi connectivity index (χ0) is 28.0. The molecule has 206 valence electrons. The normalized spacial score (nSPS) is 25.3. The Morgan fingerprint density at radius 2 is 1.74 bits per heavy atom.